The van der Waals surface area contributed by atoms with Gasteiger partial charge in [0.2, 0.25) is 0 Å². The zero-order chi connectivity index (χ0) is 13.1. The summed E-state index contributed by atoms with van der Waals surface area (Å²) < 4.78 is 2.25. The lowest BCUT2D eigenvalue weighted by Crippen LogP contribution is -2.10. The second-order valence-corrected chi connectivity index (χ2v) is 5.78. The van der Waals surface area contributed by atoms with Gasteiger partial charge in [-0.2, -0.15) is 10.5 Å². The van der Waals surface area contributed by atoms with Crippen molar-refractivity contribution < 1.29 is 4.79 Å². The van der Waals surface area contributed by atoms with Crippen LogP contribution in [0.5, 0.6) is 0 Å². The Labute approximate surface area is 115 Å². The van der Waals surface area contributed by atoms with Gasteiger partial charge in [0.05, 0.1) is 21.5 Å². The maximum atomic E-state index is 11.9. The van der Waals surface area contributed by atoms with Crippen LogP contribution in [0.15, 0.2) is 22.2 Å². The van der Waals surface area contributed by atoms with Gasteiger partial charge >= 0.3 is 0 Å². The number of hydrogen-bond acceptors (Lipinski definition) is 5. The highest BCUT2D eigenvalue weighted by molar-refractivity contribution is 9.11. The van der Waals surface area contributed by atoms with Crippen LogP contribution in [0.1, 0.15) is 21.1 Å². The molecule has 0 aliphatic carbocycles. The van der Waals surface area contributed by atoms with Gasteiger partial charge in [0.25, 0.3) is 0 Å². The predicted molar refractivity (Wildman–Crippen MR) is 68.0 cm³/mol. The second kappa shape index (κ2) is 5.13. The number of carbonyl (C=O) groups excluding carboxylic acids is 1. The Hall–Kier alpha value is -1.96. The van der Waals surface area contributed by atoms with Crippen LogP contribution in [-0.2, 0) is 6.54 Å². The summed E-state index contributed by atoms with van der Waals surface area (Å²) in [4.78, 5) is 16.3. The number of ketones is 1. The van der Waals surface area contributed by atoms with Gasteiger partial charge in [0.1, 0.15) is 12.1 Å². The minimum absolute atomic E-state index is 0.00449. The first-order valence-electron chi connectivity index (χ1n) is 4.79. The molecular weight excluding hydrogens is 316 g/mol. The number of thiophene rings is 1. The first kappa shape index (κ1) is 12.5. The molecule has 0 aromatic carbocycles. The average Bonchev–Trinajstić information content (AvgIpc) is 2.95. The quantitative estimate of drug-likeness (QED) is 0.812. The number of Topliss-reactive ketones (excluding diaryl/α,β-unsaturated/α-hetero) is 1. The number of carbonyl (C=O) groups is 1. The number of nitriles is 2. The van der Waals surface area contributed by atoms with Gasteiger partial charge in [-0.1, -0.05) is 0 Å². The van der Waals surface area contributed by atoms with Crippen LogP contribution >= 0.6 is 27.3 Å². The smallest absolute Gasteiger partial charge is 0.192 e. The monoisotopic (exact) mass is 320 g/mol. The summed E-state index contributed by atoms with van der Waals surface area (Å²) in [5.41, 5.74) is 0.152. The van der Waals surface area contributed by atoms with Crippen molar-refractivity contribution in [1.82, 2.24) is 9.55 Å². The minimum Gasteiger partial charge on any atom is -0.313 e. The molecule has 0 fully saturated rings. The molecule has 2 aromatic heterocycles. The number of rotatable bonds is 3. The molecule has 0 radical (unpaired) electrons. The number of aromatic nitrogens is 2. The first-order chi connectivity index (χ1) is 8.65. The Morgan fingerprint density at radius 3 is 2.78 bits per heavy atom. The summed E-state index contributed by atoms with van der Waals surface area (Å²) in [5, 5.41) is 17.7. The summed E-state index contributed by atoms with van der Waals surface area (Å²) in [5.74, 6) is -0.121. The van der Waals surface area contributed by atoms with Crippen LogP contribution in [0.2, 0.25) is 0 Å². The van der Waals surface area contributed by atoms with Gasteiger partial charge in [-0.3, -0.25) is 4.79 Å². The van der Waals surface area contributed by atoms with Gasteiger partial charge in [-0.25, -0.2) is 4.98 Å². The maximum Gasteiger partial charge on any atom is 0.192 e. The fraction of sp³-hybridized carbons (Fsp3) is 0.0909. The molecule has 0 unspecified atom stereocenters. The molecule has 0 bridgehead atoms. The predicted octanol–water partition coefficient (Wildman–Crippen LogP) is 2.33. The highest BCUT2D eigenvalue weighted by Gasteiger charge is 2.15. The summed E-state index contributed by atoms with van der Waals surface area (Å²) >= 11 is 4.61. The SMILES string of the molecule is N#Cc1ncn(CC(=O)c2ccc(Br)s2)c1C#N. The molecule has 0 saturated heterocycles. The molecule has 0 spiro atoms. The number of hydrogen-bond donors (Lipinski definition) is 0. The number of nitrogens with zero attached hydrogens (tertiary/aromatic N) is 4. The van der Waals surface area contributed by atoms with Crippen molar-refractivity contribution >= 4 is 33.0 Å². The largest absolute Gasteiger partial charge is 0.313 e. The van der Waals surface area contributed by atoms with Crippen molar-refractivity contribution in [1.29, 1.82) is 10.5 Å². The van der Waals surface area contributed by atoms with Gasteiger partial charge in [-0.15, -0.1) is 11.3 Å². The number of imidazole rings is 1. The molecule has 0 aliphatic heterocycles. The van der Waals surface area contributed by atoms with Crippen LogP contribution in [0.25, 0.3) is 0 Å². The molecular formula is C11H5BrN4OS. The topological polar surface area (TPSA) is 82.5 Å². The molecule has 2 heterocycles. The van der Waals surface area contributed by atoms with Crippen LogP contribution in [0, 0.1) is 22.7 Å². The normalized spacial score (nSPS) is 9.72. The van der Waals surface area contributed by atoms with E-state index in [9.17, 15) is 4.79 Å². The standard InChI is InChI=1S/C11H5BrN4OS/c12-11-2-1-10(18-11)9(17)5-16-6-15-7(3-13)8(16)4-14/h1-2,6H,5H2. The molecule has 0 amide bonds. The zero-order valence-corrected chi connectivity index (χ0v) is 11.3. The van der Waals surface area contributed by atoms with Crippen molar-refractivity contribution in [3.8, 4) is 12.1 Å². The van der Waals surface area contributed by atoms with E-state index in [1.54, 1.807) is 12.1 Å². The van der Waals surface area contributed by atoms with Crippen LogP contribution < -0.4 is 0 Å². The molecule has 0 N–H and O–H groups in total. The van der Waals surface area contributed by atoms with E-state index in [1.807, 2.05) is 12.1 Å². The lowest BCUT2D eigenvalue weighted by Gasteiger charge is -2.00. The van der Waals surface area contributed by atoms with E-state index in [0.717, 1.165) is 3.79 Å². The zero-order valence-electron chi connectivity index (χ0n) is 8.92. The lowest BCUT2D eigenvalue weighted by atomic mass is 10.3. The summed E-state index contributed by atoms with van der Waals surface area (Å²) in [6.07, 6.45) is 1.33. The summed E-state index contributed by atoms with van der Waals surface area (Å²) in [6, 6.07) is 7.19. The highest BCUT2D eigenvalue weighted by Crippen LogP contribution is 2.23. The highest BCUT2D eigenvalue weighted by atomic mass is 79.9. The van der Waals surface area contributed by atoms with Crippen molar-refractivity contribution in [2.75, 3.05) is 0 Å². The van der Waals surface area contributed by atoms with Crippen LogP contribution in [0.3, 0.4) is 0 Å². The lowest BCUT2D eigenvalue weighted by molar-refractivity contribution is 0.0975. The van der Waals surface area contributed by atoms with E-state index in [1.165, 1.54) is 22.2 Å². The Kier molecular flexibility index (Phi) is 3.56. The van der Waals surface area contributed by atoms with E-state index in [4.69, 9.17) is 10.5 Å². The first-order valence-corrected chi connectivity index (χ1v) is 6.40. The van der Waals surface area contributed by atoms with Crippen LogP contribution in [-0.4, -0.2) is 15.3 Å². The molecule has 5 nitrogen and oxygen atoms in total. The van der Waals surface area contributed by atoms with Crippen molar-refractivity contribution in [3.63, 3.8) is 0 Å². The third-order valence-corrected chi connectivity index (χ3v) is 3.88. The van der Waals surface area contributed by atoms with Crippen molar-refractivity contribution in [3.05, 3.63) is 38.5 Å². The van der Waals surface area contributed by atoms with E-state index >= 15 is 0 Å². The molecule has 0 aliphatic rings. The summed E-state index contributed by atoms with van der Waals surface area (Å²) in [6.45, 7) is 0.00449. The number of halogens is 1. The maximum absolute atomic E-state index is 11.9. The van der Waals surface area contributed by atoms with Gasteiger partial charge < -0.3 is 4.57 Å². The molecule has 18 heavy (non-hydrogen) atoms. The second-order valence-electron chi connectivity index (χ2n) is 3.32. The van der Waals surface area contributed by atoms with E-state index in [0.29, 0.717) is 4.88 Å². The Morgan fingerprint density at radius 2 is 2.22 bits per heavy atom. The van der Waals surface area contributed by atoms with E-state index < -0.39 is 0 Å². The Balaban J connectivity index is 2.26. The molecule has 2 rings (SSSR count). The van der Waals surface area contributed by atoms with E-state index in [2.05, 4.69) is 20.9 Å². The van der Waals surface area contributed by atoms with Crippen molar-refractivity contribution in [2.24, 2.45) is 0 Å². The van der Waals surface area contributed by atoms with E-state index in [-0.39, 0.29) is 23.7 Å². The van der Waals surface area contributed by atoms with Crippen molar-refractivity contribution in [2.45, 2.75) is 6.54 Å². The summed E-state index contributed by atoms with van der Waals surface area (Å²) in [7, 11) is 0. The molecule has 2 aromatic rings. The minimum atomic E-state index is -0.121. The Bertz CT molecular complexity index is 689. The van der Waals surface area contributed by atoms with Gasteiger partial charge in [0.15, 0.2) is 17.2 Å². The molecule has 0 atom stereocenters. The third kappa shape index (κ3) is 2.33. The fourth-order valence-electron chi connectivity index (χ4n) is 1.40. The molecule has 88 valence electrons. The van der Waals surface area contributed by atoms with Crippen LogP contribution in [0.4, 0.5) is 0 Å². The molecule has 7 heteroatoms. The Morgan fingerprint density at radius 1 is 1.44 bits per heavy atom. The van der Waals surface area contributed by atoms with Gasteiger partial charge in [-0.05, 0) is 28.1 Å². The van der Waals surface area contributed by atoms with Gasteiger partial charge in [0, 0.05) is 0 Å². The molecule has 0 saturated carbocycles. The fourth-order valence-corrected chi connectivity index (χ4v) is 2.71. The average molecular weight is 321 g/mol. The third-order valence-electron chi connectivity index (χ3n) is 2.21.